The molecule has 0 aromatic carbocycles. The quantitative estimate of drug-likeness (QED) is 0.694. The van der Waals surface area contributed by atoms with Crippen LogP contribution < -0.4 is 0 Å². The number of halogens is 3. The van der Waals surface area contributed by atoms with Crippen molar-refractivity contribution in [2.24, 2.45) is 0 Å². The van der Waals surface area contributed by atoms with Gasteiger partial charge in [-0.15, -0.1) is 0 Å². The molecule has 0 saturated carbocycles. The molecule has 0 aliphatic rings. The third kappa shape index (κ3) is 3.22. The molecule has 3 nitrogen and oxygen atoms in total. The molecule has 0 heterocycles. The highest BCUT2D eigenvalue weighted by atomic mass is 19.3. The second kappa shape index (κ2) is 4.45. The zero-order valence-corrected chi connectivity index (χ0v) is 7.26. The molecule has 0 fully saturated rings. The molecular formula is C7H11F3O3. The van der Waals surface area contributed by atoms with E-state index >= 15 is 0 Å². The number of esters is 1. The van der Waals surface area contributed by atoms with Crippen molar-refractivity contribution in [3.05, 3.63) is 0 Å². The van der Waals surface area contributed by atoms with Gasteiger partial charge in [-0.2, -0.15) is 4.39 Å². The molecule has 78 valence electrons. The maximum atomic E-state index is 12.4. The van der Waals surface area contributed by atoms with Gasteiger partial charge in [-0.05, 0) is 13.3 Å². The van der Waals surface area contributed by atoms with Gasteiger partial charge >= 0.3 is 18.2 Å². The molecular weight excluding hydrogens is 189 g/mol. The van der Waals surface area contributed by atoms with Crippen LogP contribution in [0, 0.1) is 0 Å². The highest BCUT2D eigenvalue weighted by Gasteiger charge is 2.48. The number of hydrogen-bond acceptors (Lipinski definition) is 3. The smallest absolute Gasteiger partial charge is 0.378 e. The minimum absolute atomic E-state index is 0.352. The van der Waals surface area contributed by atoms with Crippen LogP contribution in [0.15, 0.2) is 0 Å². The van der Waals surface area contributed by atoms with Crippen LogP contribution in [0.25, 0.3) is 0 Å². The van der Waals surface area contributed by atoms with Crippen LogP contribution in [-0.4, -0.2) is 29.5 Å². The summed E-state index contributed by atoms with van der Waals surface area (Å²) < 4.78 is 40.0. The van der Waals surface area contributed by atoms with Crippen LogP contribution in [-0.2, 0) is 9.53 Å². The SMILES string of the molecule is CCC(C)OC(=O)C(O)(F)C(F)F. The molecule has 0 radical (unpaired) electrons. The molecule has 0 aromatic heterocycles. The van der Waals surface area contributed by atoms with Gasteiger partial charge in [-0.1, -0.05) is 6.92 Å². The molecule has 0 saturated heterocycles. The molecule has 6 heteroatoms. The Morgan fingerprint density at radius 1 is 1.62 bits per heavy atom. The first-order valence-corrected chi connectivity index (χ1v) is 3.72. The molecule has 0 aliphatic heterocycles. The van der Waals surface area contributed by atoms with Crippen LogP contribution >= 0.6 is 0 Å². The average molecular weight is 200 g/mol. The number of ether oxygens (including phenoxy) is 1. The van der Waals surface area contributed by atoms with Gasteiger partial charge in [0, 0.05) is 0 Å². The van der Waals surface area contributed by atoms with Gasteiger partial charge in [0.25, 0.3) is 0 Å². The maximum Gasteiger partial charge on any atom is 0.378 e. The summed E-state index contributed by atoms with van der Waals surface area (Å²) in [5.74, 6) is -6.15. The second-order valence-electron chi connectivity index (χ2n) is 2.60. The molecule has 0 spiro atoms. The molecule has 0 bridgehead atoms. The van der Waals surface area contributed by atoms with Crippen molar-refractivity contribution < 1.29 is 27.8 Å². The summed E-state index contributed by atoms with van der Waals surface area (Å²) in [4.78, 5) is 10.5. The second-order valence-corrected chi connectivity index (χ2v) is 2.60. The van der Waals surface area contributed by atoms with Crippen LogP contribution in [0.4, 0.5) is 13.2 Å². The highest BCUT2D eigenvalue weighted by Crippen LogP contribution is 2.20. The van der Waals surface area contributed by atoms with Crippen molar-refractivity contribution in [3.8, 4) is 0 Å². The van der Waals surface area contributed by atoms with Crippen molar-refractivity contribution in [1.29, 1.82) is 0 Å². The van der Waals surface area contributed by atoms with E-state index in [1.807, 2.05) is 0 Å². The Bertz CT molecular complexity index is 182. The van der Waals surface area contributed by atoms with Gasteiger partial charge < -0.3 is 9.84 Å². The average Bonchev–Trinajstić information content (AvgIpc) is 2.03. The summed E-state index contributed by atoms with van der Waals surface area (Å²) in [5, 5.41) is 8.31. The van der Waals surface area contributed by atoms with Crippen molar-refractivity contribution >= 4 is 5.97 Å². The summed E-state index contributed by atoms with van der Waals surface area (Å²) >= 11 is 0. The van der Waals surface area contributed by atoms with E-state index < -0.39 is 24.4 Å². The lowest BCUT2D eigenvalue weighted by molar-refractivity contribution is -0.222. The predicted octanol–water partition coefficient (Wildman–Crippen LogP) is 1.25. The summed E-state index contributed by atoms with van der Waals surface area (Å²) in [5.41, 5.74) is 0. The van der Waals surface area contributed by atoms with Crippen LogP contribution in [0.5, 0.6) is 0 Å². The third-order valence-corrected chi connectivity index (χ3v) is 1.46. The Hall–Kier alpha value is -0.780. The highest BCUT2D eigenvalue weighted by molar-refractivity contribution is 5.78. The number of rotatable bonds is 4. The van der Waals surface area contributed by atoms with E-state index in [9.17, 15) is 18.0 Å². The fourth-order valence-corrected chi connectivity index (χ4v) is 0.438. The molecule has 0 aromatic rings. The van der Waals surface area contributed by atoms with Crippen molar-refractivity contribution in [2.75, 3.05) is 0 Å². The Labute approximate surface area is 73.5 Å². The molecule has 0 amide bonds. The first kappa shape index (κ1) is 12.2. The van der Waals surface area contributed by atoms with Gasteiger partial charge in [0.2, 0.25) is 0 Å². The lowest BCUT2D eigenvalue weighted by Gasteiger charge is -2.18. The maximum absolute atomic E-state index is 12.4. The minimum Gasteiger partial charge on any atom is -0.458 e. The van der Waals surface area contributed by atoms with E-state index in [0.29, 0.717) is 6.42 Å². The number of carbonyl (C=O) groups excluding carboxylic acids is 1. The van der Waals surface area contributed by atoms with E-state index in [0.717, 1.165) is 0 Å². The molecule has 0 rings (SSSR count). The van der Waals surface area contributed by atoms with Crippen molar-refractivity contribution in [1.82, 2.24) is 0 Å². The van der Waals surface area contributed by atoms with Crippen LogP contribution in [0.3, 0.4) is 0 Å². The standard InChI is InChI=1S/C7H11F3O3/c1-3-4(2)13-6(11)7(10,12)5(8)9/h4-5,12H,3H2,1-2H3. The predicted molar refractivity (Wildman–Crippen MR) is 37.9 cm³/mol. The van der Waals surface area contributed by atoms with Crippen molar-refractivity contribution in [3.63, 3.8) is 0 Å². The van der Waals surface area contributed by atoms with Gasteiger partial charge in [0.05, 0.1) is 6.10 Å². The zero-order chi connectivity index (χ0) is 10.6. The molecule has 0 aliphatic carbocycles. The molecule has 13 heavy (non-hydrogen) atoms. The van der Waals surface area contributed by atoms with Gasteiger partial charge in [-0.3, -0.25) is 0 Å². The minimum atomic E-state index is -4.20. The number of aliphatic hydroxyl groups is 1. The molecule has 2 atom stereocenters. The van der Waals surface area contributed by atoms with Gasteiger partial charge in [-0.25, -0.2) is 13.6 Å². The van der Waals surface area contributed by atoms with Gasteiger partial charge in [0.1, 0.15) is 0 Å². The topological polar surface area (TPSA) is 46.5 Å². The summed E-state index contributed by atoms with van der Waals surface area (Å²) in [7, 11) is 0. The van der Waals surface area contributed by atoms with E-state index in [2.05, 4.69) is 4.74 Å². The van der Waals surface area contributed by atoms with E-state index in [4.69, 9.17) is 5.11 Å². The first-order chi connectivity index (χ1) is 5.82. The number of hydrogen-bond donors (Lipinski definition) is 1. The lowest BCUT2D eigenvalue weighted by Crippen LogP contribution is -2.43. The summed E-state index contributed by atoms with van der Waals surface area (Å²) in [6, 6.07) is 0. The fraction of sp³-hybridized carbons (Fsp3) is 0.857. The first-order valence-electron chi connectivity index (χ1n) is 3.72. The monoisotopic (exact) mass is 200 g/mol. The van der Waals surface area contributed by atoms with Crippen LogP contribution in [0.2, 0.25) is 0 Å². The normalized spacial score (nSPS) is 18.1. The number of alkyl halides is 3. The largest absolute Gasteiger partial charge is 0.458 e. The third-order valence-electron chi connectivity index (χ3n) is 1.46. The van der Waals surface area contributed by atoms with Gasteiger partial charge in [0.15, 0.2) is 0 Å². The fourth-order valence-electron chi connectivity index (χ4n) is 0.438. The number of carbonyl (C=O) groups is 1. The summed E-state index contributed by atoms with van der Waals surface area (Å²) in [6.45, 7) is 3.02. The summed E-state index contributed by atoms with van der Waals surface area (Å²) in [6.07, 6.45) is -4.15. The van der Waals surface area contributed by atoms with E-state index in [-0.39, 0.29) is 0 Å². The molecule has 2 unspecified atom stereocenters. The Morgan fingerprint density at radius 3 is 2.38 bits per heavy atom. The van der Waals surface area contributed by atoms with Crippen molar-refractivity contribution in [2.45, 2.75) is 38.7 Å². The lowest BCUT2D eigenvalue weighted by atomic mass is 10.3. The Balaban J connectivity index is 4.25. The Morgan fingerprint density at radius 2 is 2.08 bits per heavy atom. The Kier molecular flexibility index (Phi) is 4.19. The van der Waals surface area contributed by atoms with E-state index in [1.54, 1.807) is 6.92 Å². The van der Waals surface area contributed by atoms with E-state index in [1.165, 1.54) is 6.92 Å². The zero-order valence-electron chi connectivity index (χ0n) is 7.26. The van der Waals surface area contributed by atoms with Crippen LogP contribution in [0.1, 0.15) is 20.3 Å². The molecule has 1 N–H and O–H groups in total.